The van der Waals surface area contributed by atoms with E-state index in [4.69, 9.17) is 5.73 Å². The molecule has 2 aromatic heterocycles. The Bertz CT molecular complexity index is 924. The number of amides is 1. The highest BCUT2D eigenvalue weighted by molar-refractivity contribution is 8.04. The molecule has 8 nitrogen and oxygen atoms in total. The zero-order valence-electron chi connectivity index (χ0n) is 13.7. The number of pyridine rings is 1. The number of hydrogen-bond donors (Lipinski definition) is 2. The summed E-state index contributed by atoms with van der Waals surface area (Å²) in [6.07, 6.45) is 4.78. The van der Waals surface area contributed by atoms with Gasteiger partial charge >= 0.3 is 0 Å². The molecule has 0 spiro atoms. The summed E-state index contributed by atoms with van der Waals surface area (Å²) in [7, 11) is 0. The van der Waals surface area contributed by atoms with Gasteiger partial charge in [0.15, 0.2) is 5.50 Å². The highest BCUT2D eigenvalue weighted by Gasteiger charge is 2.34. The summed E-state index contributed by atoms with van der Waals surface area (Å²) in [5.74, 6) is -0.655. The molecule has 0 saturated heterocycles. The largest absolute Gasteiger partial charge is 0.508 e. The van der Waals surface area contributed by atoms with Crippen LogP contribution in [0.25, 0.3) is 0 Å². The Morgan fingerprint density at radius 2 is 2.16 bits per heavy atom. The third kappa shape index (κ3) is 3.36. The molecule has 130 valence electrons. The average molecular weight is 359 g/mol. The van der Waals surface area contributed by atoms with Gasteiger partial charge in [-0.25, -0.2) is 0 Å². The van der Waals surface area contributed by atoms with Gasteiger partial charge in [-0.15, -0.1) is 0 Å². The van der Waals surface area contributed by atoms with Crippen molar-refractivity contribution in [3.05, 3.63) is 63.1 Å². The zero-order chi connectivity index (χ0) is 18.1. The van der Waals surface area contributed by atoms with E-state index in [1.807, 2.05) is 11.8 Å². The summed E-state index contributed by atoms with van der Waals surface area (Å²) in [5.41, 5.74) is 6.75. The van der Waals surface area contributed by atoms with Crippen LogP contribution in [0.1, 0.15) is 23.8 Å². The van der Waals surface area contributed by atoms with Gasteiger partial charge in [-0.1, -0.05) is 11.8 Å². The smallest absolute Gasteiger partial charge is 0.257 e. The molecule has 1 aliphatic rings. The standard InChI is InChI=1S/C16H17N5O3S/c1-9-6-18-7-11(19-9)8-21-10(2)14(15(17)24)25-16(21)20-4-3-12(22)5-13(20)23/h3-7,16,22H,8H2,1-2H3,(H2,17,24). The van der Waals surface area contributed by atoms with E-state index in [0.29, 0.717) is 22.8 Å². The predicted octanol–water partition coefficient (Wildman–Crippen LogP) is 1.07. The number of primary amides is 1. The van der Waals surface area contributed by atoms with Crippen molar-refractivity contribution in [1.29, 1.82) is 0 Å². The van der Waals surface area contributed by atoms with Crippen molar-refractivity contribution in [3.63, 3.8) is 0 Å². The van der Waals surface area contributed by atoms with Gasteiger partial charge in [-0.3, -0.25) is 24.1 Å². The number of nitrogens with zero attached hydrogens (tertiary/aromatic N) is 4. The summed E-state index contributed by atoms with van der Waals surface area (Å²) in [6.45, 7) is 3.98. The number of allylic oxidation sites excluding steroid dienone is 1. The summed E-state index contributed by atoms with van der Waals surface area (Å²) in [6, 6.07) is 2.55. The minimum absolute atomic E-state index is 0.111. The number of carbonyl (C=O) groups is 1. The maximum absolute atomic E-state index is 12.3. The lowest BCUT2D eigenvalue weighted by Gasteiger charge is -2.28. The van der Waals surface area contributed by atoms with Crippen molar-refractivity contribution in [2.75, 3.05) is 0 Å². The molecule has 0 bridgehead atoms. The van der Waals surface area contributed by atoms with E-state index in [9.17, 15) is 14.7 Å². The maximum atomic E-state index is 12.3. The second-order valence-corrected chi connectivity index (χ2v) is 6.70. The second kappa shape index (κ2) is 6.60. The Labute approximate surface area is 148 Å². The summed E-state index contributed by atoms with van der Waals surface area (Å²) < 4.78 is 1.44. The minimum Gasteiger partial charge on any atom is -0.508 e. The molecule has 1 unspecified atom stereocenters. The van der Waals surface area contributed by atoms with Crippen LogP contribution in [0.3, 0.4) is 0 Å². The van der Waals surface area contributed by atoms with Gasteiger partial charge < -0.3 is 15.7 Å². The fourth-order valence-corrected chi connectivity index (χ4v) is 3.88. The van der Waals surface area contributed by atoms with Crippen LogP contribution in [0, 0.1) is 6.92 Å². The predicted molar refractivity (Wildman–Crippen MR) is 93.2 cm³/mol. The number of aromatic nitrogens is 3. The fourth-order valence-electron chi connectivity index (χ4n) is 2.62. The average Bonchev–Trinajstić information content (AvgIpc) is 2.85. The topological polar surface area (TPSA) is 114 Å². The van der Waals surface area contributed by atoms with E-state index in [2.05, 4.69) is 9.97 Å². The lowest BCUT2D eigenvalue weighted by Crippen LogP contribution is -2.32. The molecule has 0 aliphatic carbocycles. The number of aromatic hydroxyl groups is 1. The lowest BCUT2D eigenvalue weighted by atomic mass is 10.3. The molecule has 3 rings (SSSR count). The van der Waals surface area contributed by atoms with E-state index in [1.54, 1.807) is 19.3 Å². The van der Waals surface area contributed by atoms with Crippen LogP contribution in [0.4, 0.5) is 0 Å². The quantitative estimate of drug-likeness (QED) is 0.839. The molecule has 0 aromatic carbocycles. The van der Waals surface area contributed by atoms with E-state index < -0.39 is 11.4 Å². The number of rotatable bonds is 4. The van der Waals surface area contributed by atoms with Crippen molar-refractivity contribution in [2.45, 2.75) is 25.9 Å². The van der Waals surface area contributed by atoms with Crippen LogP contribution < -0.4 is 11.3 Å². The Morgan fingerprint density at radius 3 is 2.80 bits per heavy atom. The number of thioether (sulfide) groups is 1. The van der Waals surface area contributed by atoms with Gasteiger partial charge in [0.2, 0.25) is 0 Å². The van der Waals surface area contributed by atoms with Crippen LogP contribution in [0.5, 0.6) is 5.75 Å². The molecule has 0 fully saturated rings. The van der Waals surface area contributed by atoms with Gasteiger partial charge in [0, 0.05) is 24.2 Å². The summed E-state index contributed by atoms with van der Waals surface area (Å²) >= 11 is 1.20. The Kier molecular flexibility index (Phi) is 4.49. The fraction of sp³-hybridized carbons (Fsp3) is 0.250. The van der Waals surface area contributed by atoms with Crippen molar-refractivity contribution in [1.82, 2.24) is 19.4 Å². The number of nitrogens with two attached hydrogens (primary N) is 1. The summed E-state index contributed by atoms with van der Waals surface area (Å²) in [5, 5.41) is 9.47. The van der Waals surface area contributed by atoms with E-state index in [1.165, 1.54) is 28.6 Å². The Balaban J connectivity index is 2.02. The maximum Gasteiger partial charge on any atom is 0.257 e. The first-order valence-corrected chi connectivity index (χ1v) is 8.37. The Morgan fingerprint density at radius 1 is 1.40 bits per heavy atom. The normalized spacial score (nSPS) is 17.2. The van der Waals surface area contributed by atoms with Crippen LogP contribution >= 0.6 is 11.8 Å². The number of aryl methyl sites for hydroxylation is 1. The van der Waals surface area contributed by atoms with E-state index in [0.717, 1.165) is 11.8 Å². The highest BCUT2D eigenvalue weighted by atomic mass is 32.2. The van der Waals surface area contributed by atoms with Crippen LogP contribution in [0.15, 0.2) is 46.1 Å². The van der Waals surface area contributed by atoms with Crippen LogP contribution in [-0.2, 0) is 11.3 Å². The lowest BCUT2D eigenvalue weighted by molar-refractivity contribution is -0.114. The first-order chi connectivity index (χ1) is 11.9. The molecule has 0 saturated carbocycles. The highest BCUT2D eigenvalue weighted by Crippen LogP contribution is 2.44. The molecule has 0 radical (unpaired) electrons. The van der Waals surface area contributed by atoms with Crippen molar-refractivity contribution in [3.8, 4) is 5.75 Å². The van der Waals surface area contributed by atoms with Crippen LogP contribution in [-0.4, -0.2) is 30.4 Å². The monoisotopic (exact) mass is 359 g/mol. The molecular weight excluding hydrogens is 342 g/mol. The van der Waals surface area contributed by atoms with Crippen molar-refractivity contribution < 1.29 is 9.90 Å². The molecule has 9 heteroatoms. The van der Waals surface area contributed by atoms with Gasteiger partial charge in [-0.05, 0) is 19.9 Å². The van der Waals surface area contributed by atoms with Gasteiger partial charge in [0.25, 0.3) is 11.5 Å². The molecular formula is C16H17N5O3S. The van der Waals surface area contributed by atoms with Crippen LogP contribution in [0.2, 0.25) is 0 Å². The number of carbonyl (C=O) groups excluding carboxylic acids is 1. The zero-order valence-corrected chi connectivity index (χ0v) is 14.5. The van der Waals surface area contributed by atoms with E-state index in [-0.39, 0.29) is 11.3 Å². The molecule has 1 atom stereocenters. The van der Waals surface area contributed by atoms with Crippen molar-refractivity contribution >= 4 is 17.7 Å². The van der Waals surface area contributed by atoms with E-state index >= 15 is 0 Å². The van der Waals surface area contributed by atoms with Gasteiger partial charge in [-0.2, -0.15) is 0 Å². The third-order valence-electron chi connectivity index (χ3n) is 3.78. The third-order valence-corrected chi connectivity index (χ3v) is 5.20. The first kappa shape index (κ1) is 17.0. The SMILES string of the molecule is CC1=C(C(N)=O)SC(n2ccc(O)cc2=O)N1Cc1cncc(C)n1. The number of hydrogen-bond acceptors (Lipinski definition) is 7. The molecule has 1 aliphatic heterocycles. The first-order valence-electron chi connectivity index (χ1n) is 7.49. The molecule has 3 N–H and O–H groups in total. The molecule has 1 amide bonds. The molecule has 2 aromatic rings. The summed E-state index contributed by atoms with van der Waals surface area (Å²) in [4.78, 5) is 34.8. The minimum atomic E-state index is -0.544. The Hall–Kier alpha value is -2.81. The molecule has 25 heavy (non-hydrogen) atoms. The second-order valence-electron chi connectivity index (χ2n) is 5.63. The molecule has 3 heterocycles. The van der Waals surface area contributed by atoms with Crippen molar-refractivity contribution in [2.24, 2.45) is 5.73 Å². The van der Waals surface area contributed by atoms with Gasteiger partial charge in [0.1, 0.15) is 5.75 Å². The van der Waals surface area contributed by atoms with Gasteiger partial charge in [0.05, 0.1) is 29.0 Å².